The topological polar surface area (TPSA) is 100 Å². The maximum Gasteiger partial charge on any atom is 0.407 e. The number of carboxylic acid groups (broad SMARTS) is 1. The molecule has 2 aromatic heterocycles. The van der Waals surface area contributed by atoms with Gasteiger partial charge in [-0.05, 0) is 25.8 Å². The molecule has 34 heavy (non-hydrogen) atoms. The number of aryl methyl sites for hydroxylation is 1. The summed E-state index contributed by atoms with van der Waals surface area (Å²) >= 11 is 0. The lowest BCUT2D eigenvalue weighted by molar-refractivity contribution is 0.130. The van der Waals surface area contributed by atoms with Crippen LogP contribution in [0, 0.1) is 5.82 Å². The fraction of sp³-hybridized carbons (Fsp3) is 0.391. The molecule has 2 unspecified atom stereocenters. The summed E-state index contributed by atoms with van der Waals surface area (Å²) in [7, 11) is 1.57. The molecule has 4 rings (SSSR count). The largest absolute Gasteiger partial charge is 0.465 e. The number of nitrogens with one attached hydrogen (secondary N) is 1. The van der Waals surface area contributed by atoms with Crippen LogP contribution in [0.2, 0.25) is 0 Å². The van der Waals surface area contributed by atoms with Crippen molar-refractivity contribution in [1.82, 2.24) is 19.4 Å². The van der Waals surface area contributed by atoms with Crippen molar-refractivity contribution in [2.45, 2.75) is 38.2 Å². The summed E-state index contributed by atoms with van der Waals surface area (Å²) in [5.41, 5.74) is -0.121. The van der Waals surface area contributed by atoms with E-state index in [1.807, 2.05) is 0 Å². The molecule has 3 heterocycles. The van der Waals surface area contributed by atoms with Crippen LogP contribution in [0.5, 0.6) is 0 Å². The Bertz CT molecular complexity index is 1300. The van der Waals surface area contributed by atoms with Crippen LogP contribution in [0.25, 0.3) is 11.0 Å². The van der Waals surface area contributed by atoms with Crippen molar-refractivity contribution in [2.24, 2.45) is 7.05 Å². The molecule has 11 heteroatoms. The first-order valence-electron chi connectivity index (χ1n) is 10.8. The van der Waals surface area contributed by atoms with Gasteiger partial charge in [0.15, 0.2) is 0 Å². The fourth-order valence-corrected chi connectivity index (χ4v) is 4.46. The third-order valence-corrected chi connectivity index (χ3v) is 6.28. The summed E-state index contributed by atoms with van der Waals surface area (Å²) in [6.45, 7) is 2.24. The standard InChI is InChI=1S/C23H24F3N5O3/c1-12(14-6-3-7-15(18(14)24)19(25)26)29-20-17-9-16(13-5-4-8-31(10-13)23(33)34)22(32)30(2)21(17)28-11-27-20/h3,6-7,9,11-13,19H,4-5,8,10H2,1-2H3,(H,33,34)(H,27,28,29). The van der Waals surface area contributed by atoms with Crippen LogP contribution in [0.15, 0.2) is 35.4 Å². The third-order valence-electron chi connectivity index (χ3n) is 6.28. The van der Waals surface area contributed by atoms with Gasteiger partial charge in [0.2, 0.25) is 0 Å². The Kier molecular flexibility index (Phi) is 6.45. The van der Waals surface area contributed by atoms with Crippen molar-refractivity contribution in [2.75, 3.05) is 18.4 Å². The molecule has 1 aliphatic rings. The predicted molar refractivity (Wildman–Crippen MR) is 120 cm³/mol. The smallest absolute Gasteiger partial charge is 0.407 e. The molecule has 2 atom stereocenters. The quantitative estimate of drug-likeness (QED) is 0.566. The van der Waals surface area contributed by atoms with Gasteiger partial charge >= 0.3 is 6.09 Å². The van der Waals surface area contributed by atoms with E-state index in [9.17, 15) is 27.9 Å². The zero-order valence-corrected chi connectivity index (χ0v) is 18.6. The number of benzene rings is 1. The lowest BCUT2D eigenvalue weighted by atomic mass is 9.91. The number of halogens is 3. The number of likely N-dealkylation sites (tertiary alicyclic amines) is 1. The van der Waals surface area contributed by atoms with Crippen LogP contribution in [0.4, 0.5) is 23.8 Å². The third kappa shape index (κ3) is 4.29. The molecular weight excluding hydrogens is 451 g/mol. The highest BCUT2D eigenvalue weighted by Crippen LogP contribution is 2.31. The second kappa shape index (κ2) is 9.32. The van der Waals surface area contributed by atoms with Crippen LogP contribution in [0.3, 0.4) is 0 Å². The van der Waals surface area contributed by atoms with Gasteiger partial charge in [-0.1, -0.05) is 18.2 Å². The number of pyridine rings is 1. The van der Waals surface area contributed by atoms with Gasteiger partial charge in [-0.3, -0.25) is 9.36 Å². The minimum absolute atomic E-state index is 0.0546. The van der Waals surface area contributed by atoms with Crippen molar-refractivity contribution in [3.8, 4) is 0 Å². The Morgan fingerprint density at radius 2 is 2.00 bits per heavy atom. The molecule has 0 bridgehead atoms. The van der Waals surface area contributed by atoms with Gasteiger partial charge in [-0.2, -0.15) is 0 Å². The Morgan fingerprint density at radius 1 is 1.26 bits per heavy atom. The number of nitrogens with zero attached hydrogens (tertiary/aromatic N) is 4. The molecule has 2 N–H and O–H groups in total. The molecule has 8 nitrogen and oxygen atoms in total. The van der Waals surface area contributed by atoms with E-state index >= 15 is 0 Å². The molecule has 1 saturated heterocycles. The Hall–Kier alpha value is -3.63. The Morgan fingerprint density at radius 3 is 2.71 bits per heavy atom. The minimum atomic E-state index is -2.94. The van der Waals surface area contributed by atoms with Crippen molar-refractivity contribution >= 4 is 22.9 Å². The maximum absolute atomic E-state index is 14.7. The highest BCUT2D eigenvalue weighted by molar-refractivity contribution is 5.87. The Balaban J connectivity index is 1.74. The molecule has 1 aliphatic heterocycles. The van der Waals surface area contributed by atoms with Crippen LogP contribution in [-0.4, -0.2) is 43.7 Å². The summed E-state index contributed by atoms with van der Waals surface area (Å²) in [6.07, 6.45) is -1.43. The van der Waals surface area contributed by atoms with E-state index in [2.05, 4.69) is 15.3 Å². The van der Waals surface area contributed by atoms with Gasteiger partial charge in [0.25, 0.3) is 12.0 Å². The van der Waals surface area contributed by atoms with E-state index in [1.165, 1.54) is 27.9 Å². The first-order chi connectivity index (χ1) is 16.2. The lowest BCUT2D eigenvalue weighted by Gasteiger charge is -2.31. The van der Waals surface area contributed by atoms with E-state index in [1.54, 1.807) is 20.0 Å². The van der Waals surface area contributed by atoms with E-state index in [0.717, 1.165) is 6.07 Å². The zero-order valence-electron chi connectivity index (χ0n) is 18.6. The average Bonchev–Trinajstić information content (AvgIpc) is 2.81. The van der Waals surface area contributed by atoms with Gasteiger partial charge in [0.05, 0.1) is 17.0 Å². The number of alkyl halides is 2. The molecule has 0 spiro atoms. The lowest BCUT2D eigenvalue weighted by Crippen LogP contribution is -2.40. The van der Waals surface area contributed by atoms with Crippen LogP contribution < -0.4 is 10.9 Å². The van der Waals surface area contributed by atoms with Gasteiger partial charge in [0, 0.05) is 37.2 Å². The number of fused-ring (bicyclic) bond motifs is 1. The van der Waals surface area contributed by atoms with E-state index < -0.39 is 29.9 Å². The van der Waals surface area contributed by atoms with Crippen LogP contribution in [-0.2, 0) is 7.05 Å². The summed E-state index contributed by atoms with van der Waals surface area (Å²) in [6, 6.07) is 4.77. The van der Waals surface area contributed by atoms with Gasteiger partial charge in [-0.15, -0.1) is 0 Å². The number of aromatic nitrogens is 3. The number of rotatable bonds is 5. The normalized spacial score (nSPS) is 17.2. The van der Waals surface area contributed by atoms with Crippen LogP contribution in [0.1, 0.15) is 54.8 Å². The number of carbonyl (C=O) groups is 1. The van der Waals surface area contributed by atoms with Crippen molar-refractivity contribution in [3.05, 3.63) is 63.5 Å². The highest BCUT2D eigenvalue weighted by atomic mass is 19.3. The molecule has 3 aromatic rings. The molecule has 0 aliphatic carbocycles. The molecule has 0 saturated carbocycles. The summed E-state index contributed by atoms with van der Waals surface area (Å²) in [5.74, 6) is -0.972. The molecule has 180 valence electrons. The number of piperidine rings is 1. The maximum atomic E-state index is 14.7. The van der Waals surface area contributed by atoms with Gasteiger partial charge < -0.3 is 15.3 Å². The second-order valence-corrected chi connectivity index (χ2v) is 8.41. The number of amides is 1. The molecule has 0 radical (unpaired) electrons. The minimum Gasteiger partial charge on any atom is -0.465 e. The molecule has 1 amide bonds. The first kappa shape index (κ1) is 23.5. The van der Waals surface area contributed by atoms with Crippen molar-refractivity contribution in [1.29, 1.82) is 0 Å². The summed E-state index contributed by atoms with van der Waals surface area (Å²) in [5, 5.41) is 12.9. The second-order valence-electron chi connectivity index (χ2n) is 8.41. The summed E-state index contributed by atoms with van der Waals surface area (Å²) in [4.78, 5) is 34.2. The molecular formula is C23H24F3N5O3. The van der Waals surface area contributed by atoms with E-state index in [0.29, 0.717) is 41.8 Å². The van der Waals surface area contributed by atoms with E-state index in [-0.39, 0.29) is 23.6 Å². The SMILES string of the molecule is CC(Nc1ncnc2c1cc(C1CCCN(C(=O)O)C1)c(=O)n2C)c1cccc(C(F)F)c1F. The molecule has 1 aromatic carbocycles. The highest BCUT2D eigenvalue weighted by Gasteiger charge is 2.28. The van der Waals surface area contributed by atoms with Crippen LogP contribution >= 0.6 is 0 Å². The Labute approximate surface area is 193 Å². The monoisotopic (exact) mass is 475 g/mol. The van der Waals surface area contributed by atoms with Gasteiger partial charge in [0.1, 0.15) is 23.6 Å². The first-order valence-corrected chi connectivity index (χ1v) is 10.8. The van der Waals surface area contributed by atoms with Crippen molar-refractivity contribution in [3.63, 3.8) is 0 Å². The zero-order chi connectivity index (χ0) is 24.6. The summed E-state index contributed by atoms with van der Waals surface area (Å²) < 4.78 is 42.3. The van der Waals surface area contributed by atoms with Gasteiger partial charge in [-0.25, -0.2) is 27.9 Å². The fourth-order valence-electron chi connectivity index (χ4n) is 4.46. The average molecular weight is 475 g/mol. The van der Waals surface area contributed by atoms with Crippen molar-refractivity contribution < 1.29 is 23.1 Å². The molecule has 1 fully saturated rings. The number of hydrogen-bond acceptors (Lipinski definition) is 5. The predicted octanol–water partition coefficient (Wildman–Crippen LogP) is 4.44. The van der Waals surface area contributed by atoms with E-state index in [4.69, 9.17) is 0 Å². The number of anilines is 1. The number of hydrogen-bond donors (Lipinski definition) is 2.